The van der Waals surface area contributed by atoms with Crippen molar-refractivity contribution in [2.75, 3.05) is 20.2 Å². The van der Waals surface area contributed by atoms with Gasteiger partial charge >= 0.3 is 5.97 Å². The van der Waals surface area contributed by atoms with Gasteiger partial charge in [-0.2, -0.15) is 0 Å². The molecular weight excluding hydrogens is 312 g/mol. The summed E-state index contributed by atoms with van der Waals surface area (Å²) in [5.41, 5.74) is -0.288. The van der Waals surface area contributed by atoms with Crippen LogP contribution in [0.1, 0.15) is 42.2 Å². The van der Waals surface area contributed by atoms with Crippen LogP contribution >= 0.6 is 0 Å². The van der Waals surface area contributed by atoms with Crippen LogP contribution in [0.5, 0.6) is 5.75 Å². The number of aliphatic hydroxyl groups excluding tert-OH is 1. The fourth-order valence-corrected chi connectivity index (χ4v) is 3.31. The number of hydrogen-bond donors (Lipinski definition) is 2. The largest absolute Gasteiger partial charge is 0.494 e. The molecule has 7 nitrogen and oxygen atoms in total. The Morgan fingerprint density at radius 2 is 2.21 bits per heavy atom. The highest BCUT2D eigenvalue weighted by Crippen LogP contribution is 2.36. The maximum absolute atomic E-state index is 12.9. The molecule has 0 unspecified atom stereocenters. The Kier molecular flexibility index (Phi) is 5.43. The van der Waals surface area contributed by atoms with Gasteiger partial charge in [0.2, 0.25) is 0 Å². The lowest BCUT2D eigenvalue weighted by Gasteiger charge is -2.43. The average molecular weight is 336 g/mol. The summed E-state index contributed by atoms with van der Waals surface area (Å²) >= 11 is 0. The Morgan fingerprint density at radius 3 is 2.79 bits per heavy atom. The maximum Gasteiger partial charge on any atom is 0.314 e. The molecule has 1 fully saturated rings. The number of carbonyl (C=O) groups is 2. The zero-order valence-electron chi connectivity index (χ0n) is 14.3. The van der Waals surface area contributed by atoms with Crippen molar-refractivity contribution < 1.29 is 24.5 Å². The molecule has 0 saturated carbocycles. The zero-order chi connectivity index (χ0) is 17.9. The van der Waals surface area contributed by atoms with Crippen LogP contribution in [0.15, 0.2) is 12.3 Å². The minimum absolute atomic E-state index is 0.0132. The van der Waals surface area contributed by atoms with E-state index in [2.05, 4.69) is 4.98 Å². The predicted molar refractivity (Wildman–Crippen MR) is 87.0 cm³/mol. The van der Waals surface area contributed by atoms with Crippen LogP contribution in [0.3, 0.4) is 0 Å². The maximum atomic E-state index is 12.9. The number of carbonyl (C=O) groups excluding carboxylic acids is 1. The normalized spacial score (nSPS) is 23.8. The fraction of sp³-hybridized carbons (Fsp3) is 0.588. The quantitative estimate of drug-likeness (QED) is 0.845. The van der Waals surface area contributed by atoms with E-state index in [4.69, 9.17) is 4.74 Å². The van der Waals surface area contributed by atoms with Gasteiger partial charge < -0.3 is 19.8 Å². The summed E-state index contributed by atoms with van der Waals surface area (Å²) in [6.07, 6.45) is 1.70. The van der Waals surface area contributed by atoms with E-state index < -0.39 is 17.5 Å². The lowest BCUT2D eigenvalue weighted by atomic mass is 9.74. The molecule has 1 aliphatic heterocycles. The summed E-state index contributed by atoms with van der Waals surface area (Å²) in [5, 5.41) is 20.0. The number of pyridine rings is 1. The Morgan fingerprint density at radius 1 is 1.50 bits per heavy atom. The lowest BCUT2D eigenvalue weighted by Crippen LogP contribution is -2.57. The molecule has 24 heavy (non-hydrogen) atoms. The van der Waals surface area contributed by atoms with E-state index in [0.29, 0.717) is 36.4 Å². The highest BCUT2D eigenvalue weighted by molar-refractivity contribution is 5.97. The van der Waals surface area contributed by atoms with Crippen LogP contribution < -0.4 is 4.74 Å². The second-order valence-electron chi connectivity index (χ2n) is 6.27. The fourth-order valence-electron chi connectivity index (χ4n) is 3.31. The highest BCUT2D eigenvalue weighted by atomic mass is 16.5. The number of hydrogen-bond acceptors (Lipinski definition) is 5. The number of amides is 1. The summed E-state index contributed by atoms with van der Waals surface area (Å²) < 4.78 is 5.20. The molecule has 2 rings (SSSR count). The first-order chi connectivity index (χ1) is 11.4. The molecule has 0 spiro atoms. The van der Waals surface area contributed by atoms with Crippen LogP contribution in [0, 0.1) is 12.3 Å². The Hall–Kier alpha value is -2.15. The molecule has 1 aromatic rings. The van der Waals surface area contributed by atoms with Crippen molar-refractivity contribution in [2.24, 2.45) is 5.41 Å². The van der Waals surface area contributed by atoms with Gasteiger partial charge in [0.25, 0.3) is 5.91 Å². The van der Waals surface area contributed by atoms with E-state index in [1.165, 1.54) is 18.2 Å². The van der Waals surface area contributed by atoms with Crippen LogP contribution in [0.2, 0.25) is 0 Å². The van der Waals surface area contributed by atoms with Gasteiger partial charge in [-0.1, -0.05) is 13.3 Å². The molecule has 1 aromatic heterocycles. The zero-order valence-corrected chi connectivity index (χ0v) is 14.3. The first kappa shape index (κ1) is 18.2. The summed E-state index contributed by atoms with van der Waals surface area (Å²) in [6, 6.07) is 1.63. The topological polar surface area (TPSA) is 100.0 Å². The van der Waals surface area contributed by atoms with Gasteiger partial charge in [-0.05, 0) is 25.8 Å². The molecule has 2 N–H and O–H groups in total. The number of piperidine rings is 1. The number of carboxylic acid groups (broad SMARTS) is 1. The number of nitrogens with zero attached hydrogens (tertiary/aromatic N) is 2. The monoisotopic (exact) mass is 336 g/mol. The first-order valence-corrected chi connectivity index (χ1v) is 8.07. The van der Waals surface area contributed by atoms with Gasteiger partial charge in [-0.25, -0.2) is 0 Å². The predicted octanol–water partition coefficient (Wildman–Crippen LogP) is 1.48. The Bertz CT molecular complexity index is 633. The minimum atomic E-state index is -1.32. The van der Waals surface area contributed by atoms with Gasteiger partial charge in [-0.15, -0.1) is 0 Å². The molecule has 132 valence electrons. The molecular formula is C17H24N2O5. The highest BCUT2D eigenvalue weighted by Gasteiger charge is 2.49. The molecule has 0 radical (unpaired) electrons. The molecule has 1 saturated heterocycles. The number of aliphatic carboxylic acids is 1. The number of aromatic nitrogens is 1. The first-order valence-electron chi connectivity index (χ1n) is 8.07. The number of aliphatic hydroxyl groups is 1. The van der Waals surface area contributed by atoms with Crippen molar-refractivity contribution in [2.45, 2.75) is 39.2 Å². The number of carboxylic acids is 1. The van der Waals surface area contributed by atoms with E-state index in [0.717, 1.165) is 0 Å². The van der Waals surface area contributed by atoms with E-state index >= 15 is 0 Å². The SMILES string of the molecule is CCC[C@@]1(C(=O)O)CN(C(=O)c2cc(C)ncc2OC)CC[C@H]1O. The van der Waals surface area contributed by atoms with Gasteiger partial charge in [-0.3, -0.25) is 14.6 Å². The summed E-state index contributed by atoms with van der Waals surface area (Å²) in [7, 11) is 1.46. The van der Waals surface area contributed by atoms with Crippen LogP contribution in [-0.4, -0.2) is 58.3 Å². The van der Waals surface area contributed by atoms with Crippen molar-refractivity contribution in [3.05, 3.63) is 23.5 Å². The average Bonchev–Trinajstić information content (AvgIpc) is 2.56. The van der Waals surface area contributed by atoms with Crippen molar-refractivity contribution in [1.29, 1.82) is 0 Å². The van der Waals surface area contributed by atoms with Crippen molar-refractivity contribution >= 4 is 11.9 Å². The van der Waals surface area contributed by atoms with Crippen LogP contribution in [0.4, 0.5) is 0 Å². The van der Waals surface area contributed by atoms with Crippen LogP contribution in [0.25, 0.3) is 0 Å². The van der Waals surface area contributed by atoms with Gasteiger partial charge in [0, 0.05) is 18.8 Å². The van der Waals surface area contributed by atoms with Gasteiger partial charge in [0.15, 0.2) is 0 Å². The molecule has 0 aliphatic carbocycles. The standard InChI is InChI=1S/C17H24N2O5/c1-4-6-17(16(22)23)10-19(7-5-14(17)20)15(21)12-8-11(2)18-9-13(12)24-3/h8-9,14,20H,4-7,10H2,1-3H3,(H,22,23)/t14-,17-/m1/s1. The Balaban J connectivity index is 2.34. The van der Waals surface area contributed by atoms with Gasteiger partial charge in [0.1, 0.15) is 11.2 Å². The molecule has 0 aromatic carbocycles. The van der Waals surface area contributed by atoms with E-state index in [1.54, 1.807) is 13.0 Å². The smallest absolute Gasteiger partial charge is 0.314 e. The summed E-state index contributed by atoms with van der Waals surface area (Å²) in [4.78, 5) is 30.3. The number of rotatable bonds is 5. The molecule has 2 atom stereocenters. The molecule has 1 aliphatic rings. The van der Waals surface area contributed by atoms with E-state index in [9.17, 15) is 19.8 Å². The lowest BCUT2D eigenvalue weighted by molar-refractivity contribution is -0.162. The number of likely N-dealkylation sites (tertiary alicyclic amines) is 1. The second kappa shape index (κ2) is 7.17. The van der Waals surface area contributed by atoms with Crippen LogP contribution in [-0.2, 0) is 4.79 Å². The third kappa shape index (κ3) is 3.21. The number of aryl methyl sites for hydroxylation is 1. The molecule has 1 amide bonds. The van der Waals surface area contributed by atoms with Crippen molar-refractivity contribution in [1.82, 2.24) is 9.88 Å². The Labute approximate surface area is 141 Å². The molecule has 7 heteroatoms. The van der Waals surface area contributed by atoms with E-state index in [1.807, 2.05) is 6.92 Å². The molecule has 2 heterocycles. The second-order valence-corrected chi connectivity index (χ2v) is 6.27. The number of ether oxygens (including phenoxy) is 1. The van der Waals surface area contributed by atoms with E-state index in [-0.39, 0.29) is 18.9 Å². The summed E-state index contributed by atoms with van der Waals surface area (Å²) in [5.74, 6) is -1.01. The molecule has 0 bridgehead atoms. The van der Waals surface area contributed by atoms with Crippen molar-refractivity contribution in [3.8, 4) is 5.75 Å². The minimum Gasteiger partial charge on any atom is -0.494 e. The van der Waals surface area contributed by atoms with Crippen molar-refractivity contribution in [3.63, 3.8) is 0 Å². The summed E-state index contributed by atoms with van der Waals surface area (Å²) in [6.45, 7) is 3.94. The number of methoxy groups -OCH3 is 1. The third-order valence-corrected chi connectivity index (χ3v) is 4.65. The van der Waals surface area contributed by atoms with Gasteiger partial charge in [0.05, 0.1) is 25.0 Å². The third-order valence-electron chi connectivity index (χ3n) is 4.65.